The van der Waals surface area contributed by atoms with Gasteiger partial charge in [-0.15, -0.1) is 0 Å². The van der Waals surface area contributed by atoms with Gasteiger partial charge in [0.05, 0.1) is 0 Å². The van der Waals surface area contributed by atoms with Gasteiger partial charge in [-0.05, 0) is 64.5 Å². The Bertz CT molecular complexity index is 922. The Balaban J connectivity index is 2.26. The van der Waals surface area contributed by atoms with Gasteiger partial charge in [0.25, 0.3) is 0 Å². The SMILES string of the molecule is CC(C)(C)c1cc(C2(c3ccc(O)c(C(C)(C)C)c3)/C=C\CCCCCCCCC2)ccc1O. The molecule has 0 radical (unpaired) electrons. The molecule has 1 aliphatic rings. The Morgan fingerprint density at radius 2 is 1.06 bits per heavy atom. The predicted octanol–water partition coefficient (Wildman–Crippen LogP) is 9.06. The highest BCUT2D eigenvalue weighted by molar-refractivity contribution is 5.53. The van der Waals surface area contributed by atoms with Crippen LogP contribution in [0.3, 0.4) is 0 Å². The van der Waals surface area contributed by atoms with Crippen molar-refractivity contribution in [1.29, 1.82) is 0 Å². The molecule has 2 N–H and O–H groups in total. The minimum absolute atomic E-state index is 0.151. The lowest BCUT2D eigenvalue weighted by Crippen LogP contribution is -2.27. The number of rotatable bonds is 2. The quantitative estimate of drug-likeness (QED) is 0.437. The molecule has 0 bridgehead atoms. The maximum absolute atomic E-state index is 10.7. The largest absolute Gasteiger partial charge is 0.508 e. The van der Waals surface area contributed by atoms with Crippen molar-refractivity contribution in [2.45, 2.75) is 116 Å². The molecule has 0 aliphatic heterocycles. The van der Waals surface area contributed by atoms with Crippen molar-refractivity contribution in [1.82, 2.24) is 0 Å². The van der Waals surface area contributed by atoms with Crippen molar-refractivity contribution >= 4 is 0 Å². The van der Waals surface area contributed by atoms with Crippen molar-refractivity contribution in [3.63, 3.8) is 0 Å². The van der Waals surface area contributed by atoms with Crippen LogP contribution >= 0.6 is 0 Å². The van der Waals surface area contributed by atoms with Crippen LogP contribution in [-0.4, -0.2) is 10.2 Å². The third-order valence-corrected chi connectivity index (χ3v) is 7.48. The molecular weight excluding hydrogens is 416 g/mol. The summed E-state index contributed by atoms with van der Waals surface area (Å²) in [7, 11) is 0. The molecule has 0 atom stereocenters. The summed E-state index contributed by atoms with van der Waals surface area (Å²) in [5.41, 5.74) is 3.84. The molecule has 2 nitrogen and oxygen atoms in total. The van der Waals surface area contributed by atoms with Crippen molar-refractivity contribution in [3.05, 3.63) is 70.8 Å². The molecule has 0 saturated heterocycles. The topological polar surface area (TPSA) is 40.5 Å². The van der Waals surface area contributed by atoms with E-state index >= 15 is 0 Å². The molecule has 186 valence electrons. The molecule has 2 aromatic rings. The Kier molecular flexibility index (Phi) is 8.22. The first-order chi connectivity index (χ1) is 15.9. The van der Waals surface area contributed by atoms with Gasteiger partial charge in [0.1, 0.15) is 11.5 Å². The van der Waals surface area contributed by atoms with Crippen LogP contribution in [0.25, 0.3) is 0 Å². The van der Waals surface area contributed by atoms with Gasteiger partial charge < -0.3 is 10.2 Å². The van der Waals surface area contributed by atoms with Gasteiger partial charge in [-0.25, -0.2) is 0 Å². The Labute approximate surface area is 208 Å². The van der Waals surface area contributed by atoms with E-state index in [-0.39, 0.29) is 16.2 Å². The minimum Gasteiger partial charge on any atom is -0.508 e. The average Bonchev–Trinajstić information content (AvgIpc) is 2.74. The summed E-state index contributed by atoms with van der Waals surface area (Å²) in [6.07, 6.45) is 15.8. The monoisotopic (exact) mass is 462 g/mol. The van der Waals surface area contributed by atoms with Gasteiger partial charge >= 0.3 is 0 Å². The molecule has 0 heterocycles. The number of benzene rings is 2. The van der Waals surface area contributed by atoms with Gasteiger partial charge in [0, 0.05) is 5.41 Å². The van der Waals surface area contributed by atoms with Crippen LogP contribution < -0.4 is 0 Å². The zero-order chi connectivity index (χ0) is 25.0. The number of phenols is 2. The second-order valence-corrected chi connectivity index (χ2v) is 12.4. The Morgan fingerprint density at radius 3 is 1.53 bits per heavy atom. The lowest BCUT2D eigenvalue weighted by molar-refractivity contribution is 0.441. The van der Waals surface area contributed by atoms with Crippen LogP contribution in [0.15, 0.2) is 48.6 Å². The van der Waals surface area contributed by atoms with Crippen molar-refractivity contribution in [2.75, 3.05) is 0 Å². The summed E-state index contributed by atoms with van der Waals surface area (Å²) in [5.74, 6) is 0.731. The molecule has 0 unspecified atom stereocenters. The zero-order valence-corrected chi connectivity index (χ0v) is 22.4. The third-order valence-electron chi connectivity index (χ3n) is 7.48. The lowest BCUT2D eigenvalue weighted by Gasteiger charge is -2.35. The van der Waals surface area contributed by atoms with Gasteiger partial charge in [-0.2, -0.15) is 0 Å². The van der Waals surface area contributed by atoms with E-state index in [1.807, 2.05) is 12.1 Å². The molecule has 1 aliphatic carbocycles. The van der Waals surface area contributed by atoms with Gasteiger partial charge in [-0.3, -0.25) is 0 Å². The molecule has 2 heteroatoms. The highest BCUT2D eigenvalue weighted by Crippen LogP contribution is 2.45. The Morgan fingerprint density at radius 1 is 0.618 bits per heavy atom. The fourth-order valence-corrected chi connectivity index (χ4v) is 5.39. The number of aromatic hydroxyl groups is 2. The first-order valence-corrected chi connectivity index (χ1v) is 13.3. The van der Waals surface area contributed by atoms with Crippen molar-refractivity contribution < 1.29 is 10.2 Å². The molecule has 0 saturated carbocycles. The zero-order valence-electron chi connectivity index (χ0n) is 22.4. The second kappa shape index (κ2) is 10.6. The molecule has 0 spiro atoms. The maximum Gasteiger partial charge on any atom is 0.119 e. The van der Waals surface area contributed by atoms with E-state index in [9.17, 15) is 10.2 Å². The van der Waals surface area contributed by atoms with Crippen LogP contribution in [0.2, 0.25) is 0 Å². The fourth-order valence-electron chi connectivity index (χ4n) is 5.39. The number of hydrogen-bond acceptors (Lipinski definition) is 2. The predicted molar refractivity (Wildman–Crippen MR) is 145 cm³/mol. The standard InChI is InChI=1S/C32H46O2/c1-30(2,3)26-22-24(16-18-28(26)33)32(20-14-12-10-8-7-9-11-13-15-21-32)25-17-19-29(34)27(23-25)31(4,5)6/h14,16-20,22-23,33-34H,7-13,15,21H2,1-6H3/b20-14-. The van der Waals surface area contributed by atoms with Crippen molar-refractivity contribution in [3.8, 4) is 11.5 Å². The van der Waals surface area contributed by atoms with Crippen LogP contribution in [0.5, 0.6) is 11.5 Å². The summed E-state index contributed by atoms with van der Waals surface area (Å²) >= 11 is 0. The molecule has 0 aromatic heterocycles. The highest BCUT2D eigenvalue weighted by atomic mass is 16.3. The number of hydrogen-bond donors (Lipinski definition) is 2. The van der Waals surface area contributed by atoms with Gasteiger partial charge in [0.2, 0.25) is 0 Å². The van der Waals surface area contributed by atoms with Crippen LogP contribution in [0.1, 0.15) is 122 Å². The average molecular weight is 463 g/mol. The van der Waals surface area contributed by atoms with E-state index in [2.05, 4.69) is 78.0 Å². The van der Waals surface area contributed by atoms with E-state index in [1.165, 1.54) is 49.7 Å². The summed E-state index contributed by atoms with van der Waals surface area (Å²) < 4.78 is 0. The molecule has 0 fully saturated rings. The van der Waals surface area contributed by atoms with E-state index < -0.39 is 0 Å². The summed E-state index contributed by atoms with van der Waals surface area (Å²) in [5, 5.41) is 21.4. The van der Waals surface area contributed by atoms with E-state index in [1.54, 1.807) is 0 Å². The maximum atomic E-state index is 10.7. The Hall–Kier alpha value is -2.22. The summed E-state index contributed by atoms with van der Waals surface area (Å²) in [6, 6.07) is 12.5. The molecular formula is C32H46O2. The molecule has 0 amide bonds. The smallest absolute Gasteiger partial charge is 0.119 e. The number of allylic oxidation sites excluding steroid dienone is 2. The highest BCUT2D eigenvalue weighted by Gasteiger charge is 2.34. The normalized spacial score (nSPS) is 19.1. The fraction of sp³-hybridized carbons (Fsp3) is 0.562. The summed E-state index contributed by atoms with van der Waals surface area (Å²) in [4.78, 5) is 0. The molecule has 34 heavy (non-hydrogen) atoms. The first kappa shape index (κ1) is 26.4. The second-order valence-electron chi connectivity index (χ2n) is 12.4. The number of phenolic OH excluding ortho intramolecular Hbond substituents is 2. The lowest BCUT2D eigenvalue weighted by atomic mass is 9.68. The van der Waals surface area contributed by atoms with Gasteiger partial charge in [-0.1, -0.05) is 116 Å². The van der Waals surface area contributed by atoms with Gasteiger partial charge in [0.15, 0.2) is 0 Å². The van der Waals surface area contributed by atoms with Crippen LogP contribution in [-0.2, 0) is 16.2 Å². The van der Waals surface area contributed by atoms with Crippen LogP contribution in [0, 0.1) is 0 Å². The third kappa shape index (κ3) is 6.06. The molecule has 2 aromatic carbocycles. The summed E-state index contributed by atoms with van der Waals surface area (Å²) in [6.45, 7) is 13.0. The minimum atomic E-state index is -0.291. The van der Waals surface area contributed by atoms with Crippen molar-refractivity contribution in [2.24, 2.45) is 0 Å². The van der Waals surface area contributed by atoms with Crippen LogP contribution in [0.4, 0.5) is 0 Å². The first-order valence-electron chi connectivity index (χ1n) is 13.3. The van der Waals surface area contributed by atoms with E-state index in [4.69, 9.17) is 0 Å². The van der Waals surface area contributed by atoms with E-state index in [0.717, 1.165) is 30.4 Å². The van der Waals surface area contributed by atoms with E-state index in [0.29, 0.717) is 11.5 Å². The molecule has 3 rings (SSSR count).